The van der Waals surface area contributed by atoms with Gasteiger partial charge in [-0.2, -0.15) is 5.10 Å². The Morgan fingerprint density at radius 1 is 1.44 bits per heavy atom. The molecule has 2 aromatic rings. The van der Waals surface area contributed by atoms with Crippen LogP contribution < -0.4 is 11.3 Å². The molecule has 2 rings (SSSR count). The number of rotatable bonds is 2. The Morgan fingerprint density at radius 3 is 2.75 bits per heavy atom. The topological polar surface area (TPSA) is 97.8 Å². The molecule has 6 heteroatoms. The summed E-state index contributed by atoms with van der Waals surface area (Å²) in [5.74, 6) is 1.04. The first-order chi connectivity index (χ1) is 7.59. The van der Waals surface area contributed by atoms with E-state index in [2.05, 4.69) is 15.4 Å². The van der Waals surface area contributed by atoms with Crippen molar-refractivity contribution in [3.05, 3.63) is 28.0 Å². The monoisotopic (exact) mass is 220 g/mol. The third kappa shape index (κ3) is 1.69. The summed E-state index contributed by atoms with van der Waals surface area (Å²) in [6.45, 7) is 3.97. The van der Waals surface area contributed by atoms with Crippen LogP contribution in [0.4, 0.5) is 5.82 Å². The summed E-state index contributed by atoms with van der Waals surface area (Å²) in [6.07, 6.45) is 0. The van der Waals surface area contributed by atoms with Gasteiger partial charge < -0.3 is 10.3 Å². The van der Waals surface area contributed by atoms with Gasteiger partial charge in [-0.05, 0) is 12.0 Å². The van der Waals surface area contributed by atoms with E-state index in [1.165, 1.54) is 6.07 Å². The number of H-pyrrole nitrogens is 1. The van der Waals surface area contributed by atoms with Gasteiger partial charge in [-0.15, -0.1) is 0 Å². The first-order valence-electron chi connectivity index (χ1n) is 4.90. The summed E-state index contributed by atoms with van der Waals surface area (Å²) in [6, 6.07) is 2.95. The van der Waals surface area contributed by atoms with E-state index in [4.69, 9.17) is 10.3 Å². The number of hydrogen-bond donors (Lipinski definition) is 2. The highest BCUT2D eigenvalue weighted by Crippen LogP contribution is 2.31. The second-order valence-corrected chi connectivity index (χ2v) is 3.77. The average molecular weight is 220 g/mol. The summed E-state index contributed by atoms with van der Waals surface area (Å²) in [5.41, 5.74) is 6.77. The van der Waals surface area contributed by atoms with Gasteiger partial charge in [-0.3, -0.25) is 4.79 Å². The van der Waals surface area contributed by atoms with Crippen molar-refractivity contribution in [1.29, 1.82) is 0 Å². The maximum atomic E-state index is 10.9. The molecule has 0 fully saturated rings. The van der Waals surface area contributed by atoms with Crippen LogP contribution in [-0.2, 0) is 0 Å². The molecule has 0 amide bonds. The molecule has 0 aliphatic heterocycles. The molecule has 3 N–H and O–H groups in total. The Kier molecular flexibility index (Phi) is 2.47. The van der Waals surface area contributed by atoms with Crippen molar-refractivity contribution in [1.82, 2.24) is 15.4 Å². The minimum atomic E-state index is -0.262. The van der Waals surface area contributed by atoms with E-state index in [1.54, 1.807) is 6.07 Å². The zero-order valence-electron chi connectivity index (χ0n) is 9.02. The van der Waals surface area contributed by atoms with Crippen LogP contribution in [0.5, 0.6) is 0 Å². The zero-order chi connectivity index (χ0) is 11.7. The van der Waals surface area contributed by atoms with Crippen LogP contribution in [0.3, 0.4) is 0 Å². The third-order valence-corrected chi connectivity index (χ3v) is 2.24. The largest absolute Gasteiger partial charge is 0.381 e. The lowest BCUT2D eigenvalue weighted by molar-refractivity contribution is 0.432. The summed E-state index contributed by atoms with van der Waals surface area (Å²) < 4.78 is 5.12. The fourth-order valence-electron chi connectivity index (χ4n) is 1.52. The minimum Gasteiger partial charge on any atom is -0.381 e. The summed E-state index contributed by atoms with van der Waals surface area (Å²) in [4.78, 5) is 10.9. The Labute approximate surface area is 91.5 Å². The van der Waals surface area contributed by atoms with Crippen LogP contribution in [0, 0.1) is 0 Å². The van der Waals surface area contributed by atoms with E-state index in [9.17, 15) is 4.79 Å². The Bertz CT molecular complexity index is 536. The van der Waals surface area contributed by atoms with Gasteiger partial charge in [0.1, 0.15) is 5.69 Å². The van der Waals surface area contributed by atoms with Gasteiger partial charge in [-0.25, -0.2) is 5.10 Å². The van der Waals surface area contributed by atoms with E-state index >= 15 is 0 Å². The van der Waals surface area contributed by atoms with E-state index in [-0.39, 0.29) is 11.5 Å². The molecule has 84 valence electrons. The van der Waals surface area contributed by atoms with Gasteiger partial charge in [0.05, 0.1) is 0 Å². The van der Waals surface area contributed by atoms with Crippen molar-refractivity contribution >= 4 is 5.82 Å². The number of aromatic nitrogens is 3. The number of nitrogen functional groups attached to an aromatic ring is 1. The maximum absolute atomic E-state index is 10.9. The van der Waals surface area contributed by atoms with Crippen LogP contribution in [0.25, 0.3) is 11.5 Å². The highest BCUT2D eigenvalue weighted by molar-refractivity contribution is 5.63. The molecule has 2 aromatic heterocycles. The lowest BCUT2D eigenvalue weighted by Gasteiger charge is -2.03. The Hall–Kier alpha value is -2.11. The molecule has 0 aliphatic carbocycles. The molecule has 0 radical (unpaired) electrons. The Morgan fingerprint density at radius 2 is 2.19 bits per heavy atom. The number of nitrogens with two attached hydrogens (primary N) is 1. The molecule has 0 bridgehead atoms. The fourth-order valence-corrected chi connectivity index (χ4v) is 1.52. The first kappa shape index (κ1) is 10.4. The number of hydrogen-bond acceptors (Lipinski definition) is 5. The molecule has 0 saturated carbocycles. The lowest BCUT2D eigenvalue weighted by Crippen LogP contribution is -2.06. The number of nitrogens with one attached hydrogen (secondary N) is 1. The SMILES string of the molecule is CC(C)c1c(N)noc1-c1ccc(=O)[nH]n1. The van der Waals surface area contributed by atoms with E-state index < -0.39 is 0 Å². The van der Waals surface area contributed by atoms with Crippen molar-refractivity contribution in [2.75, 3.05) is 5.73 Å². The van der Waals surface area contributed by atoms with Gasteiger partial charge >= 0.3 is 0 Å². The van der Waals surface area contributed by atoms with E-state index in [0.717, 1.165) is 5.56 Å². The van der Waals surface area contributed by atoms with Gasteiger partial charge in [-0.1, -0.05) is 19.0 Å². The number of aromatic amines is 1. The second-order valence-electron chi connectivity index (χ2n) is 3.77. The smallest absolute Gasteiger partial charge is 0.264 e. The second kappa shape index (κ2) is 3.80. The normalized spacial score (nSPS) is 10.9. The van der Waals surface area contributed by atoms with Crippen LogP contribution in [0.1, 0.15) is 25.3 Å². The molecule has 2 heterocycles. The molecule has 6 nitrogen and oxygen atoms in total. The molecular formula is C10H12N4O2. The van der Waals surface area contributed by atoms with Crippen molar-refractivity contribution in [2.45, 2.75) is 19.8 Å². The van der Waals surface area contributed by atoms with Crippen molar-refractivity contribution in [3.63, 3.8) is 0 Å². The van der Waals surface area contributed by atoms with Crippen molar-refractivity contribution in [2.24, 2.45) is 0 Å². The molecule has 0 unspecified atom stereocenters. The Balaban J connectivity index is 2.56. The van der Waals surface area contributed by atoms with Crippen molar-refractivity contribution < 1.29 is 4.52 Å². The lowest BCUT2D eigenvalue weighted by atomic mass is 10.0. The number of anilines is 1. The van der Waals surface area contributed by atoms with Crippen LogP contribution in [0.15, 0.2) is 21.5 Å². The quantitative estimate of drug-likeness (QED) is 0.790. The van der Waals surface area contributed by atoms with Gasteiger partial charge in [0.2, 0.25) is 0 Å². The highest BCUT2D eigenvalue weighted by Gasteiger charge is 2.19. The zero-order valence-corrected chi connectivity index (χ0v) is 9.02. The maximum Gasteiger partial charge on any atom is 0.264 e. The summed E-state index contributed by atoms with van der Waals surface area (Å²) >= 11 is 0. The predicted molar refractivity (Wildman–Crippen MR) is 58.9 cm³/mol. The van der Waals surface area contributed by atoms with Gasteiger partial charge in [0, 0.05) is 11.6 Å². The standard InChI is InChI=1S/C10H12N4O2/c1-5(2)8-9(16-14-10(8)11)6-3-4-7(15)13-12-6/h3-5H,1-2H3,(H2,11,14)(H,13,15). The molecule has 0 aromatic carbocycles. The molecule has 16 heavy (non-hydrogen) atoms. The number of nitrogens with zero attached hydrogens (tertiary/aromatic N) is 2. The molecular weight excluding hydrogens is 208 g/mol. The predicted octanol–water partition coefficient (Wildman–Crippen LogP) is 1.13. The van der Waals surface area contributed by atoms with E-state index in [1.807, 2.05) is 13.8 Å². The molecule has 0 spiro atoms. The fraction of sp³-hybridized carbons (Fsp3) is 0.300. The van der Waals surface area contributed by atoms with Gasteiger partial charge in [0.15, 0.2) is 11.6 Å². The summed E-state index contributed by atoms with van der Waals surface area (Å²) in [5, 5.41) is 9.93. The average Bonchev–Trinajstić information content (AvgIpc) is 2.61. The summed E-state index contributed by atoms with van der Waals surface area (Å²) in [7, 11) is 0. The van der Waals surface area contributed by atoms with Gasteiger partial charge in [0.25, 0.3) is 5.56 Å². The van der Waals surface area contributed by atoms with E-state index in [0.29, 0.717) is 17.3 Å². The van der Waals surface area contributed by atoms with Crippen molar-refractivity contribution in [3.8, 4) is 11.5 Å². The molecule has 0 saturated heterocycles. The highest BCUT2D eigenvalue weighted by atomic mass is 16.5. The first-order valence-corrected chi connectivity index (χ1v) is 4.90. The van der Waals surface area contributed by atoms with Crippen LogP contribution >= 0.6 is 0 Å². The molecule has 0 atom stereocenters. The third-order valence-electron chi connectivity index (χ3n) is 2.24. The molecule has 0 aliphatic rings. The van der Waals surface area contributed by atoms with Crippen LogP contribution in [-0.4, -0.2) is 15.4 Å². The van der Waals surface area contributed by atoms with Crippen LogP contribution in [0.2, 0.25) is 0 Å². The minimum absolute atomic E-state index is 0.176.